The van der Waals surface area contributed by atoms with E-state index in [-0.39, 0.29) is 10.9 Å². The lowest BCUT2D eigenvalue weighted by molar-refractivity contribution is 0.132. The molecule has 0 saturated carbocycles. The van der Waals surface area contributed by atoms with Gasteiger partial charge in [0.25, 0.3) is 0 Å². The van der Waals surface area contributed by atoms with Crippen LogP contribution in [0.5, 0.6) is 0 Å². The van der Waals surface area contributed by atoms with E-state index in [1.807, 2.05) is 30.0 Å². The second kappa shape index (κ2) is 4.54. The van der Waals surface area contributed by atoms with Crippen molar-refractivity contribution in [1.82, 2.24) is 4.98 Å². The molecule has 2 nitrogen and oxygen atoms in total. The summed E-state index contributed by atoms with van der Waals surface area (Å²) in [6.07, 6.45) is 4.52. The summed E-state index contributed by atoms with van der Waals surface area (Å²) in [5.41, 5.74) is 0.985. The maximum absolute atomic E-state index is 10.2. The summed E-state index contributed by atoms with van der Waals surface area (Å²) in [6, 6.07) is 5.85. The predicted molar refractivity (Wildman–Crippen MR) is 64.0 cm³/mol. The molecule has 15 heavy (non-hydrogen) atoms. The maximum Gasteiger partial charge on any atom is 0.0739 e. The molecule has 2 rings (SSSR count). The lowest BCUT2D eigenvalue weighted by Crippen LogP contribution is -2.35. The van der Waals surface area contributed by atoms with Gasteiger partial charge in [0.15, 0.2) is 0 Å². The Labute approximate surface area is 95.1 Å². The molecule has 1 aliphatic rings. The Balaban J connectivity index is 2.00. The van der Waals surface area contributed by atoms with Crippen LogP contribution in [-0.4, -0.2) is 26.7 Å². The largest absolute Gasteiger partial charge is 0.391 e. The van der Waals surface area contributed by atoms with Crippen LogP contribution in [0.3, 0.4) is 0 Å². The first-order valence-electron chi connectivity index (χ1n) is 5.43. The van der Waals surface area contributed by atoms with Crippen LogP contribution in [0.2, 0.25) is 0 Å². The van der Waals surface area contributed by atoms with Crippen molar-refractivity contribution in [3.8, 4) is 0 Å². The Morgan fingerprint density at radius 3 is 3.07 bits per heavy atom. The molecule has 0 aromatic carbocycles. The fourth-order valence-corrected chi connectivity index (χ4v) is 3.32. The molecule has 1 saturated heterocycles. The molecule has 2 heterocycles. The van der Waals surface area contributed by atoms with Crippen molar-refractivity contribution in [3.05, 3.63) is 30.1 Å². The van der Waals surface area contributed by atoms with E-state index in [0.29, 0.717) is 6.42 Å². The van der Waals surface area contributed by atoms with Gasteiger partial charge in [-0.3, -0.25) is 4.98 Å². The molecular weight excluding hydrogens is 206 g/mol. The van der Waals surface area contributed by atoms with Crippen LogP contribution in [0.25, 0.3) is 0 Å². The number of thioether (sulfide) groups is 1. The zero-order chi connectivity index (χ0) is 10.7. The summed E-state index contributed by atoms with van der Waals surface area (Å²) in [4.78, 5) is 4.25. The molecule has 1 N–H and O–H groups in total. The van der Waals surface area contributed by atoms with Gasteiger partial charge in [0.2, 0.25) is 0 Å². The van der Waals surface area contributed by atoms with Crippen LogP contribution < -0.4 is 0 Å². The molecule has 3 heteroatoms. The molecule has 1 aliphatic heterocycles. The maximum atomic E-state index is 10.2. The summed E-state index contributed by atoms with van der Waals surface area (Å²) in [5, 5.41) is 10.2. The Bertz CT molecular complexity index is 309. The van der Waals surface area contributed by atoms with Gasteiger partial charge in [0.1, 0.15) is 0 Å². The highest BCUT2D eigenvalue weighted by atomic mass is 32.2. The predicted octanol–water partition coefficient (Wildman–Crippen LogP) is 2.27. The third-order valence-corrected chi connectivity index (χ3v) is 4.71. The van der Waals surface area contributed by atoms with E-state index < -0.39 is 0 Å². The van der Waals surface area contributed by atoms with Crippen LogP contribution in [-0.2, 0) is 6.42 Å². The van der Waals surface area contributed by atoms with Crippen LogP contribution in [0.1, 0.15) is 25.5 Å². The smallest absolute Gasteiger partial charge is 0.0739 e. The van der Waals surface area contributed by atoms with E-state index in [1.54, 1.807) is 6.20 Å². The Kier molecular flexibility index (Phi) is 3.32. The average molecular weight is 223 g/mol. The summed E-state index contributed by atoms with van der Waals surface area (Å²) in [5.74, 6) is 1.18. The Hall–Kier alpha value is -0.540. The second-order valence-corrected chi connectivity index (χ2v) is 5.94. The molecule has 2 atom stereocenters. The van der Waals surface area contributed by atoms with Crippen molar-refractivity contribution >= 4 is 11.8 Å². The fraction of sp³-hybridized carbons (Fsp3) is 0.583. The van der Waals surface area contributed by atoms with E-state index in [4.69, 9.17) is 0 Å². The van der Waals surface area contributed by atoms with Crippen LogP contribution in [0, 0.1) is 0 Å². The summed E-state index contributed by atoms with van der Waals surface area (Å²) in [6.45, 7) is 2.16. The topological polar surface area (TPSA) is 33.1 Å². The molecule has 2 unspecified atom stereocenters. The summed E-state index contributed by atoms with van der Waals surface area (Å²) < 4.78 is 0.0392. The number of aromatic nitrogens is 1. The molecule has 0 radical (unpaired) electrons. The van der Waals surface area contributed by atoms with Crippen LogP contribution >= 0.6 is 11.8 Å². The van der Waals surface area contributed by atoms with Gasteiger partial charge >= 0.3 is 0 Å². The third-order valence-electron chi connectivity index (χ3n) is 3.08. The lowest BCUT2D eigenvalue weighted by atomic mass is 9.95. The monoisotopic (exact) mass is 223 g/mol. The first-order chi connectivity index (χ1) is 7.21. The van der Waals surface area contributed by atoms with E-state index >= 15 is 0 Å². The number of hydrogen-bond acceptors (Lipinski definition) is 3. The first-order valence-corrected chi connectivity index (χ1v) is 6.41. The third kappa shape index (κ3) is 2.52. The molecule has 1 aromatic rings. The fourth-order valence-electron chi connectivity index (χ4n) is 2.00. The van der Waals surface area contributed by atoms with Gasteiger partial charge in [-0.15, -0.1) is 0 Å². The molecule has 1 fully saturated rings. The number of hydrogen-bond donors (Lipinski definition) is 1. The molecule has 0 bridgehead atoms. The SMILES string of the molecule is CC1(C(O)Cc2ccccn2)CCCS1. The van der Waals surface area contributed by atoms with Crippen molar-refractivity contribution in [3.63, 3.8) is 0 Å². The van der Waals surface area contributed by atoms with Crippen molar-refractivity contribution in [1.29, 1.82) is 0 Å². The molecular formula is C12H17NOS. The first kappa shape index (κ1) is 11.0. The highest BCUT2D eigenvalue weighted by molar-refractivity contribution is 8.00. The number of rotatable bonds is 3. The van der Waals surface area contributed by atoms with Crippen molar-refractivity contribution in [2.75, 3.05) is 5.75 Å². The molecule has 1 aromatic heterocycles. The lowest BCUT2D eigenvalue weighted by Gasteiger charge is -2.28. The number of nitrogens with zero attached hydrogens (tertiary/aromatic N) is 1. The van der Waals surface area contributed by atoms with E-state index in [2.05, 4.69) is 11.9 Å². The van der Waals surface area contributed by atoms with Gasteiger partial charge in [-0.25, -0.2) is 0 Å². The Morgan fingerprint density at radius 1 is 1.60 bits per heavy atom. The van der Waals surface area contributed by atoms with Gasteiger partial charge in [-0.05, 0) is 37.7 Å². The standard InChI is InChI=1S/C12H17NOS/c1-12(6-4-8-15-12)11(14)9-10-5-2-3-7-13-10/h2-3,5,7,11,14H,4,6,8-9H2,1H3. The van der Waals surface area contributed by atoms with Crippen molar-refractivity contribution in [2.24, 2.45) is 0 Å². The molecule has 0 spiro atoms. The number of pyridine rings is 1. The van der Waals surface area contributed by atoms with Crippen LogP contribution in [0.4, 0.5) is 0 Å². The quantitative estimate of drug-likeness (QED) is 0.853. The van der Waals surface area contributed by atoms with E-state index in [0.717, 1.165) is 12.1 Å². The molecule has 0 aliphatic carbocycles. The van der Waals surface area contributed by atoms with Gasteiger partial charge in [-0.2, -0.15) is 11.8 Å². The van der Waals surface area contributed by atoms with Gasteiger partial charge in [0, 0.05) is 23.1 Å². The van der Waals surface area contributed by atoms with Crippen molar-refractivity contribution in [2.45, 2.75) is 37.0 Å². The van der Waals surface area contributed by atoms with Crippen LogP contribution in [0.15, 0.2) is 24.4 Å². The molecule has 82 valence electrons. The highest BCUT2D eigenvalue weighted by Crippen LogP contribution is 2.41. The summed E-state index contributed by atoms with van der Waals surface area (Å²) >= 11 is 1.89. The second-order valence-electron chi connectivity index (χ2n) is 4.31. The van der Waals surface area contributed by atoms with E-state index in [1.165, 1.54) is 12.2 Å². The molecule has 0 amide bonds. The number of aliphatic hydroxyl groups excluding tert-OH is 1. The van der Waals surface area contributed by atoms with Gasteiger partial charge in [-0.1, -0.05) is 6.07 Å². The van der Waals surface area contributed by atoms with Crippen molar-refractivity contribution < 1.29 is 5.11 Å². The minimum Gasteiger partial charge on any atom is -0.391 e. The minimum absolute atomic E-state index is 0.0392. The van der Waals surface area contributed by atoms with Gasteiger partial charge in [0.05, 0.1) is 6.10 Å². The zero-order valence-electron chi connectivity index (χ0n) is 9.02. The Morgan fingerprint density at radius 2 is 2.47 bits per heavy atom. The van der Waals surface area contributed by atoms with E-state index in [9.17, 15) is 5.11 Å². The average Bonchev–Trinajstić information content (AvgIpc) is 2.68. The number of aliphatic hydroxyl groups is 1. The zero-order valence-corrected chi connectivity index (χ0v) is 9.83. The normalized spacial score (nSPS) is 27.9. The summed E-state index contributed by atoms with van der Waals surface area (Å²) in [7, 11) is 0. The minimum atomic E-state index is -0.278. The van der Waals surface area contributed by atoms with Gasteiger partial charge < -0.3 is 5.11 Å². The highest BCUT2D eigenvalue weighted by Gasteiger charge is 2.36.